The van der Waals surface area contributed by atoms with Crippen LogP contribution in [0.5, 0.6) is 0 Å². The van der Waals surface area contributed by atoms with Crippen molar-refractivity contribution >= 4 is 16.0 Å². The molecule has 1 aromatic carbocycles. The zero-order valence-corrected chi connectivity index (χ0v) is 15.5. The minimum absolute atomic E-state index is 0.183. The van der Waals surface area contributed by atoms with Crippen LogP contribution in [0.25, 0.3) is 0 Å². The number of hydrogen-bond donors (Lipinski definition) is 0. The number of esters is 1. The predicted octanol–water partition coefficient (Wildman–Crippen LogP) is 3.29. The smallest absolute Gasteiger partial charge is 0.324 e. The topological polar surface area (TPSA) is 63.7 Å². The maximum absolute atomic E-state index is 13.1. The number of benzene rings is 1. The monoisotopic (exact) mass is 353 g/mol. The van der Waals surface area contributed by atoms with E-state index in [1.807, 2.05) is 13.8 Å². The van der Waals surface area contributed by atoms with Crippen LogP contribution in [-0.4, -0.2) is 38.4 Å². The molecule has 5 nitrogen and oxygen atoms in total. The third-order valence-corrected chi connectivity index (χ3v) is 5.74. The molecular formula is C18H27NO4S. The quantitative estimate of drug-likeness (QED) is 0.368. The lowest BCUT2D eigenvalue weighted by Gasteiger charge is -2.28. The summed E-state index contributed by atoms with van der Waals surface area (Å²) in [5.74, 6) is -0.568. The number of unbranched alkanes of at least 4 members (excludes halogenated alkanes) is 2. The fourth-order valence-corrected chi connectivity index (χ4v) is 4.06. The molecular weight excluding hydrogens is 326 g/mol. The Morgan fingerprint density at radius 2 is 1.92 bits per heavy atom. The van der Waals surface area contributed by atoms with E-state index < -0.39 is 22.0 Å². The summed E-state index contributed by atoms with van der Waals surface area (Å²) in [5, 5.41) is 0. The summed E-state index contributed by atoms with van der Waals surface area (Å²) in [4.78, 5) is 12.3. The van der Waals surface area contributed by atoms with E-state index >= 15 is 0 Å². The maximum atomic E-state index is 13.1. The van der Waals surface area contributed by atoms with Crippen LogP contribution in [0.15, 0.2) is 41.8 Å². The van der Waals surface area contributed by atoms with Gasteiger partial charge < -0.3 is 4.74 Å². The number of carbonyl (C=O) groups excluding carboxylic acids is 1. The summed E-state index contributed by atoms with van der Waals surface area (Å²) < 4.78 is 32.2. The second kappa shape index (κ2) is 9.59. The molecule has 1 aromatic rings. The van der Waals surface area contributed by atoms with E-state index in [1.165, 1.54) is 11.4 Å². The first kappa shape index (κ1) is 20.4. The zero-order chi connectivity index (χ0) is 18.2. The van der Waals surface area contributed by atoms with Crippen molar-refractivity contribution in [3.63, 3.8) is 0 Å². The van der Waals surface area contributed by atoms with Gasteiger partial charge in [-0.1, -0.05) is 43.5 Å². The fraction of sp³-hybridized carbons (Fsp3) is 0.500. The number of sulfonamides is 1. The molecule has 0 heterocycles. The van der Waals surface area contributed by atoms with Gasteiger partial charge in [-0.2, -0.15) is 4.31 Å². The highest BCUT2D eigenvalue weighted by Gasteiger charge is 2.35. The van der Waals surface area contributed by atoms with Gasteiger partial charge in [0.05, 0.1) is 12.0 Å². The van der Waals surface area contributed by atoms with Crippen LogP contribution in [0.3, 0.4) is 0 Å². The summed E-state index contributed by atoms with van der Waals surface area (Å²) in [6.45, 7) is 7.84. The SMILES string of the molecule is C=CC[C@@H](C(=O)OC)N(CCCCC)S(=O)(=O)c1ccc(C)cc1. The van der Waals surface area contributed by atoms with Crippen LogP contribution in [0.2, 0.25) is 0 Å². The predicted molar refractivity (Wildman–Crippen MR) is 95.2 cm³/mol. The molecule has 0 radical (unpaired) electrons. The number of hydrogen-bond acceptors (Lipinski definition) is 4. The van der Waals surface area contributed by atoms with Crippen LogP contribution < -0.4 is 0 Å². The van der Waals surface area contributed by atoms with Gasteiger partial charge in [0.1, 0.15) is 6.04 Å². The average molecular weight is 353 g/mol. The standard InChI is InChI=1S/C18H27NO4S/c1-5-7-8-14-19(17(9-6-2)18(20)23-4)24(21,22)16-12-10-15(3)11-13-16/h6,10-13,17H,2,5,7-9,14H2,1,3-4H3/t17-/m0/s1. The molecule has 0 bridgehead atoms. The minimum Gasteiger partial charge on any atom is -0.468 e. The van der Waals surface area contributed by atoms with E-state index in [0.29, 0.717) is 6.42 Å². The van der Waals surface area contributed by atoms with E-state index in [9.17, 15) is 13.2 Å². The summed E-state index contributed by atoms with van der Waals surface area (Å²) >= 11 is 0. The number of methoxy groups -OCH3 is 1. The van der Waals surface area contributed by atoms with Crippen molar-refractivity contribution in [2.24, 2.45) is 0 Å². The van der Waals surface area contributed by atoms with Gasteiger partial charge in [0, 0.05) is 6.54 Å². The molecule has 24 heavy (non-hydrogen) atoms. The lowest BCUT2D eigenvalue weighted by Crippen LogP contribution is -2.45. The Morgan fingerprint density at radius 1 is 1.29 bits per heavy atom. The van der Waals surface area contributed by atoms with E-state index in [-0.39, 0.29) is 17.9 Å². The Bertz CT molecular complexity index is 637. The molecule has 0 saturated carbocycles. The van der Waals surface area contributed by atoms with Gasteiger partial charge in [-0.3, -0.25) is 4.79 Å². The summed E-state index contributed by atoms with van der Waals surface area (Å²) in [6, 6.07) is 5.74. The van der Waals surface area contributed by atoms with Gasteiger partial charge in [0.15, 0.2) is 0 Å². The second-order valence-corrected chi connectivity index (χ2v) is 7.59. The third kappa shape index (κ3) is 5.18. The summed E-state index contributed by atoms with van der Waals surface area (Å²) in [6.07, 6.45) is 4.29. The molecule has 0 aliphatic heterocycles. The molecule has 0 N–H and O–H groups in total. The molecule has 1 rings (SSSR count). The molecule has 0 aliphatic carbocycles. The first-order valence-corrected chi connectivity index (χ1v) is 9.59. The van der Waals surface area contributed by atoms with Crippen LogP contribution in [0.4, 0.5) is 0 Å². The zero-order valence-electron chi connectivity index (χ0n) is 14.7. The van der Waals surface area contributed by atoms with Crippen LogP contribution in [-0.2, 0) is 19.6 Å². The van der Waals surface area contributed by atoms with E-state index in [4.69, 9.17) is 4.74 Å². The Kier molecular flexibility index (Phi) is 8.15. The number of ether oxygens (including phenoxy) is 1. The largest absolute Gasteiger partial charge is 0.468 e. The Labute approximate surface area is 145 Å². The van der Waals surface area contributed by atoms with Gasteiger partial charge in [0.25, 0.3) is 0 Å². The minimum atomic E-state index is -3.79. The lowest BCUT2D eigenvalue weighted by molar-refractivity contribution is -0.145. The Morgan fingerprint density at radius 3 is 2.42 bits per heavy atom. The van der Waals surface area contributed by atoms with Crippen LogP contribution in [0, 0.1) is 6.92 Å². The molecule has 0 fully saturated rings. The van der Waals surface area contributed by atoms with Crippen molar-refractivity contribution in [1.82, 2.24) is 4.31 Å². The lowest BCUT2D eigenvalue weighted by atomic mass is 10.2. The van der Waals surface area contributed by atoms with Crippen LogP contribution in [0.1, 0.15) is 38.2 Å². The summed E-state index contributed by atoms with van der Waals surface area (Å²) in [7, 11) is -2.53. The molecule has 0 saturated heterocycles. The van der Waals surface area contributed by atoms with Crippen molar-refractivity contribution in [3.05, 3.63) is 42.5 Å². The first-order chi connectivity index (χ1) is 11.4. The third-order valence-electron chi connectivity index (χ3n) is 3.82. The van der Waals surface area contributed by atoms with E-state index in [2.05, 4.69) is 6.58 Å². The van der Waals surface area contributed by atoms with Gasteiger partial charge >= 0.3 is 5.97 Å². The molecule has 6 heteroatoms. The van der Waals surface area contributed by atoms with Gasteiger partial charge in [-0.05, 0) is 31.9 Å². The van der Waals surface area contributed by atoms with Crippen molar-refractivity contribution in [2.45, 2.75) is 50.5 Å². The van der Waals surface area contributed by atoms with E-state index in [0.717, 1.165) is 18.4 Å². The highest BCUT2D eigenvalue weighted by Crippen LogP contribution is 2.22. The van der Waals surface area contributed by atoms with Crippen molar-refractivity contribution in [1.29, 1.82) is 0 Å². The molecule has 0 aliphatic rings. The van der Waals surface area contributed by atoms with Crippen molar-refractivity contribution in [2.75, 3.05) is 13.7 Å². The first-order valence-electron chi connectivity index (χ1n) is 8.15. The van der Waals surface area contributed by atoms with Crippen LogP contribution >= 0.6 is 0 Å². The number of aryl methyl sites for hydroxylation is 1. The molecule has 0 spiro atoms. The van der Waals surface area contributed by atoms with Gasteiger partial charge in [0.2, 0.25) is 10.0 Å². The van der Waals surface area contributed by atoms with Crippen molar-refractivity contribution < 1.29 is 17.9 Å². The normalized spacial score (nSPS) is 12.8. The second-order valence-electron chi connectivity index (χ2n) is 5.70. The van der Waals surface area contributed by atoms with Gasteiger partial charge in [-0.25, -0.2) is 8.42 Å². The van der Waals surface area contributed by atoms with Crippen molar-refractivity contribution in [3.8, 4) is 0 Å². The molecule has 0 amide bonds. The molecule has 1 atom stereocenters. The average Bonchev–Trinajstić information content (AvgIpc) is 2.57. The molecule has 0 unspecified atom stereocenters. The number of rotatable bonds is 10. The number of nitrogens with zero attached hydrogens (tertiary/aromatic N) is 1. The van der Waals surface area contributed by atoms with E-state index in [1.54, 1.807) is 30.3 Å². The highest BCUT2D eigenvalue weighted by atomic mass is 32.2. The molecule has 0 aromatic heterocycles. The Balaban J connectivity index is 3.25. The Hall–Kier alpha value is -1.66. The fourth-order valence-electron chi connectivity index (χ4n) is 2.43. The maximum Gasteiger partial charge on any atom is 0.324 e. The summed E-state index contributed by atoms with van der Waals surface area (Å²) in [5.41, 5.74) is 0.974. The number of carbonyl (C=O) groups is 1. The highest BCUT2D eigenvalue weighted by molar-refractivity contribution is 7.89. The van der Waals surface area contributed by atoms with Gasteiger partial charge in [-0.15, -0.1) is 6.58 Å². The molecule has 134 valence electrons.